The lowest BCUT2D eigenvalue weighted by Crippen LogP contribution is -2.25. The number of hydrogen-bond donors (Lipinski definition) is 1. The number of hydrogen-bond acceptors (Lipinski definition) is 4. The summed E-state index contributed by atoms with van der Waals surface area (Å²) in [5.74, 6) is 0.981. The fourth-order valence-corrected chi connectivity index (χ4v) is 1.28. The topological polar surface area (TPSA) is 55.8 Å². The number of carbonyl (C=O) groups is 1. The van der Waals surface area contributed by atoms with Gasteiger partial charge >= 0.3 is 0 Å². The van der Waals surface area contributed by atoms with Crippen molar-refractivity contribution in [2.24, 2.45) is 0 Å². The quantitative estimate of drug-likeness (QED) is 0.798. The number of benzene rings is 1. The van der Waals surface area contributed by atoms with Crippen molar-refractivity contribution in [2.75, 3.05) is 7.11 Å². The highest BCUT2D eigenvalue weighted by Gasteiger charge is 2.14. The van der Waals surface area contributed by atoms with Crippen molar-refractivity contribution >= 4 is 5.78 Å². The maximum atomic E-state index is 11.2. The van der Waals surface area contributed by atoms with Crippen molar-refractivity contribution in [3.05, 3.63) is 23.8 Å². The third kappa shape index (κ3) is 3.46. The first-order valence-electron chi connectivity index (χ1n) is 5.49. The monoisotopic (exact) mass is 238 g/mol. The third-order valence-electron chi connectivity index (χ3n) is 2.56. The van der Waals surface area contributed by atoms with Crippen LogP contribution < -0.4 is 9.47 Å². The molecule has 0 aliphatic rings. The molecule has 1 aromatic rings. The van der Waals surface area contributed by atoms with Crippen LogP contribution in [0, 0.1) is 0 Å². The first-order valence-corrected chi connectivity index (χ1v) is 5.49. The van der Waals surface area contributed by atoms with Gasteiger partial charge in [-0.2, -0.15) is 0 Å². The van der Waals surface area contributed by atoms with E-state index in [2.05, 4.69) is 0 Å². The van der Waals surface area contributed by atoms with Crippen LogP contribution in [0.1, 0.15) is 31.1 Å². The molecule has 0 aliphatic heterocycles. The van der Waals surface area contributed by atoms with Gasteiger partial charge in [0.05, 0.1) is 13.2 Å². The second-order valence-electron chi connectivity index (χ2n) is 3.99. The smallest absolute Gasteiger partial charge is 0.161 e. The van der Waals surface area contributed by atoms with Crippen LogP contribution in [-0.4, -0.2) is 30.2 Å². The van der Waals surface area contributed by atoms with Crippen molar-refractivity contribution in [1.82, 2.24) is 0 Å². The molecular weight excluding hydrogens is 220 g/mol. The molecule has 0 fully saturated rings. The molecule has 1 N–H and O–H groups in total. The third-order valence-corrected chi connectivity index (χ3v) is 2.56. The Bertz CT molecular complexity index is 398. The maximum absolute atomic E-state index is 11.2. The number of carbonyl (C=O) groups excluding carboxylic acids is 1. The zero-order valence-corrected chi connectivity index (χ0v) is 10.6. The van der Waals surface area contributed by atoms with E-state index in [1.165, 1.54) is 14.0 Å². The number of aliphatic hydroxyl groups excluding tert-OH is 1. The minimum Gasteiger partial charge on any atom is -0.493 e. The Hall–Kier alpha value is -1.55. The van der Waals surface area contributed by atoms with Crippen LogP contribution in [0.15, 0.2) is 18.2 Å². The lowest BCUT2D eigenvalue weighted by atomic mass is 10.1. The number of ketones is 1. The highest BCUT2D eigenvalue weighted by atomic mass is 16.5. The summed E-state index contributed by atoms with van der Waals surface area (Å²) in [5, 5.41) is 9.37. The van der Waals surface area contributed by atoms with E-state index in [4.69, 9.17) is 9.47 Å². The van der Waals surface area contributed by atoms with Crippen molar-refractivity contribution in [2.45, 2.75) is 33.0 Å². The Balaban J connectivity index is 2.96. The van der Waals surface area contributed by atoms with E-state index < -0.39 is 6.10 Å². The molecule has 2 unspecified atom stereocenters. The maximum Gasteiger partial charge on any atom is 0.161 e. The second kappa shape index (κ2) is 5.68. The van der Waals surface area contributed by atoms with Crippen LogP contribution in [0.3, 0.4) is 0 Å². The lowest BCUT2D eigenvalue weighted by molar-refractivity contribution is 0.0586. The highest BCUT2D eigenvalue weighted by molar-refractivity contribution is 5.94. The molecule has 0 radical (unpaired) electrons. The van der Waals surface area contributed by atoms with Crippen molar-refractivity contribution < 1.29 is 19.4 Å². The Labute approximate surface area is 101 Å². The molecule has 4 nitrogen and oxygen atoms in total. The average molecular weight is 238 g/mol. The molecule has 0 heterocycles. The molecule has 0 saturated heterocycles. The van der Waals surface area contributed by atoms with Gasteiger partial charge in [-0.25, -0.2) is 0 Å². The summed E-state index contributed by atoms with van der Waals surface area (Å²) in [6.07, 6.45) is -0.917. The first-order chi connectivity index (χ1) is 7.95. The van der Waals surface area contributed by atoms with Gasteiger partial charge in [-0.3, -0.25) is 4.79 Å². The van der Waals surface area contributed by atoms with Gasteiger partial charge in [-0.15, -0.1) is 0 Å². The summed E-state index contributed by atoms with van der Waals surface area (Å²) in [5.41, 5.74) is 0.568. The summed E-state index contributed by atoms with van der Waals surface area (Å²) in [4.78, 5) is 11.2. The van der Waals surface area contributed by atoms with E-state index in [0.29, 0.717) is 17.1 Å². The van der Waals surface area contributed by atoms with Gasteiger partial charge in [-0.05, 0) is 39.0 Å². The highest BCUT2D eigenvalue weighted by Crippen LogP contribution is 2.29. The van der Waals surface area contributed by atoms with Crippen LogP contribution in [0.4, 0.5) is 0 Å². The minimum absolute atomic E-state index is 0.0292. The summed E-state index contributed by atoms with van der Waals surface area (Å²) in [7, 11) is 1.51. The summed E-state index contributed by atoms with van der Waals surface area (Å²) < 4.78 is 10.7. The average Bonchev–Trinajstić information content (AvgIpc) is 2.28. The van der Waals surface area contributed by atoms with E-state index >= 15 is 0 Å². The van der Waals surface area contributed by atoms with Crippen molar-refractivity contribution in [1.29, 1.82) is 0 Å². The first kappa shape index (κ1) is 13.5. The van der Waals surface area contributed by atoms with Gasteiger partial charge in [0.15, 0.2) is 17.3 Å². The van der Waals surface area contributed by atoms with Gasteiger partial charge in [0, 0.05) is 5.56 Å². The second-order valence-corrected chi connectivity index (χ2v) is 3.99. The SMILES string of the molecule is COc1cc(C(C)=O)ccc1OC(C)C(C)O. The molecular formula is C13H18O4. The molecule has 0 bridgehead atoms. The molecule has 4 heteroatoms. The van der Waals surface area contributed by atoms with Crippen LogP contribution in [0.25, 0.3) is 0 Å². The van der Waals surface area contributed by atoms with E-state index in [1.807, 2.05) is 0 Å². The molecule has 0 aromatic heterocycles. The van der Waals surface area contributed by atoms with Crippen molar-refractivity contribution in [3.8, 4) is 11.5 Å². The Morgan fingerprint density at radius 1 is 1.29 bits per heavy atom. The van der Waals surface area contributed by atoms with Gasteiger partial charge < -0.3 is 14.6 Å². The number of Topliss-reactive ketones (excluding diaryl/α,β-unsaturated/α-hetero) is 1. The van der Waals surface area contributed by atoms with Crippen LogP contribution in [-0.2, 0) is 0 Å². The van der Waals surface area contributed by atoms with E-state index in [9.17, 15) is 9.90 Å². The summed E-state index contributed by atoms with van der Waals surface area (Å²) >= 11 is 0. The molecule has 1 aromatic carbocycles. The Kier molecular flexibility index (Phi) is 4.52. The van der Waals surface area contributed by atoms with Crippen LogP contribution in [0.2, 0.25) is 0 Å². The molecule has 0 spiro atoms. The van der Waals surface area contributed by atoms with E-state index in [1.54, 1.807) is 32.0 Å². The predicted molar refractivity (Wildman–Crippen MR) is 64.8 cm³/mol. The molecule has 0 aliphatic carbocycles. The van der Waals surface area contributed by atoms with Gasteiger partial charge in [-0.1, -0.05) is 0 Å². The Morgan fingerprint density at radius 2 is 1.94 bits per heavy atom. The number of methoxy groups -OCH3 is 1. The van der Waals surface area contributed by atoms with Crippen LogP contribution in [0.5, 0.6) is 11.5 Å². The zero-order chi connectivity index (χ0) is 13.0. The van der Waals surface area contributed by atoms with Gasteiger partial charge in [0.1, 0.15) is 6.10 Å². The van der Waals surface area contributed by atoms with Gasteiger partial charge in [0.2, 0.25) is 0 Å². The fourth-order valence-electron chi connectivity index (χ4n) is 1.28. The largest absolute Gasteiger partial charge is 0.493 e. The summed E-state index contributed by atoms with van der Waals surface area (Å²) in [6.45, 7) is 4.91. The predicted octanol–water partition coefficient (Wildman–Crippen LogP) is 2.05. The molecule has 2 atom stereocenters. The fraction of sp³-hybridized carbons (Fsp3) is 0.462. The van der Waals surface area contributed by atoms with Crippen LogP contribution >= 0.6 is 0 Å². The normalized spacial score (nSPS) is 13.9. The van der Waals surface area contributed by atoms with Gasteiger partial charge in [0.25, 0.3) is 0 Å². The Morgan fingerprint density at radius 3 is 2.41 bits per heavy atom. The molecule has 0 amide bonds. The standard InChI is InChI=1S/C13H18O4/c1-8(14)10(3)17-12-6-5-11(9(2)15)7-13(12)16-4/h5-8,10,14H,1-4H3. The summed E-state index contributed by atoms with van der Waals surface area (Å²) in [6, 6.07) is 4.98. The van der Waals surface area contributed by atoms with Crippen molar-refractivity contribution in [3.63, 3.8) is 0 Å². The van der Waals surface area contributed by atoms with E-state index in [0.717, 1.165) is 0 Å². The number of rotatable bonds is 5. The number of aliphatic hydroxyl groups is 1. The molecule has 1 rings (SSSR count). The minimum atomic E-state index is -0.577. The lowest BCUT2D eigenvalue weighted by Gasteiger charge is -2.19. The van der Waals surface area contributed by atoms with E-state index in [-0.39, 0.29) is 11.9 Å². The molecule has 17 heavy (non-hydrogen) atoms. The molecule has 94 valence electrons. The molecule has 0 saturated carbocycles. The number of ether oxygens (including phenoxy) is 2. The zero-order valence-electron chi connectivity index (χ0n) is 10.6.